The van der Waals surface area contributed by atoms with Crippen LogP contribution in [0, 0.1) is 3.57 Å². The van der Waals surface area contributed by atoms with Gasteiger partial charge in [-0.15, -0.1) is 0 Å². The summed E-state index contributed by atoms with van der Waals surface area (Å²) in [6.07, 6.45) is 0. The topological polar surface area (TPSA) is 85.6 Å². The number of carbonyl (C=O) groups is 1. The van der Waals surface area contributed by atoms with Crippen LogP contribution in [0.3, 0.4) is 0 Å². The van der Waals surface area contributed by atoms with Crippen LogP contribution < -0.4 is 20.1 Å². The Hall–Kier alpha value is -3.18. The van der Waals surface area contributed by atoms with Crippen LogP contribution in [0.2, 0.25) is 0 Å². The van der Waals surface area contributed by atoms with Gasteiger partial charge < -0.3 is 19.2 Å². The zero-order chi connectivity index (χ0) is 22.7. The van der Waals surface area contributed by atoms with Crippen molar-refractivity contribution >= 4 is 62.6 Å². The molecule has 0 aliphatic carbocycles. The summed E-state index contributed by atoms with van der Waals surface area (Å²) in [5, 5.41) is 5.79. The minimum atomic E-state index is -0.444. The number of amides is 1. The normalized spacial score (nSPS) is 10.6. The molecular weight excluding hydrogens is 541 g/mol. The Kier molecular flexibility index (Phi) is 6.56. The van der Waals surface area contributed by atoms with E-state index in [1.165, 1.54) is 14.2 Å². The summed E-state index contributed by atoms with van der Waals surface area (Å²) in [4.78, 5) is 17.4. The van der Waals surface area contributed by atoms with Gasteiger partial charge in [-0.2, -0.15) is 0 Å². The Labute approximate surface area is 203 Å². The maximum Gasteiger partial charge on any atom is 0.264 e. The molecule has 9 heteroatoms. The number of methoxy groups -OCH3 is 2. The lowest BCUT2D eigenvalue weighted by Gasteiger charge is -2.14. The fraction of sp³-hybridized carbons (Fsp3) is 0.0870. The first-order valence-electron chi connectivity index (χ1n) is 9.48. The highest BCUT2D eigenvalue weighted by Crippen LogP contribution is 2.29. The molecule has 0 aliphatic rings. The number of hydrogen-bond donors (Lipinski definition) is 2. The lowest BCUT2D eigenvalue weighted by molar-refractivity contribution is 0.0971. The Morgan fingerprint density at radius 3 is 2.44 bits per heavy atom. The molecule has 4 aromatic rings. The maximum absolute atomic E-state index is 12.8. The van der Waals surface area contributed by atoms with Crippen molar-refractivity contribution in [3.05, 3.63) is 69.8 Å². The number of carbonyl (C=O) groups excluding carboxylic acids is 1. The zero-order valence-corrected chi connectivity index (χ0v) is 20.1. The molecule has 3 aromatic carbocycles. The number of rotatable bonds is 5. The molecule has 32 heavy (non-hydrogen) atoms. The number of thiocarbonyl (C=S) groups is 1. The van der Waals surface area contributed by atoms with Gasteiger partial charge in [-0.05, 0) is 83.3 Å². The SMILES string of the molecule is COc1cccc(OC)c1C(=O)NC(=S)Nc1ccc2oc(-c3cccc(I)c3)nc2c1. The lowest BCUT2D eigenvalue weighted by Crippen LogP contribution is -2.34. The molecule has 1 aromatic heterocycles. The van der Waals surface area contributed by atoms with E-state index in [0.29, 0.717) is 34.2 Å². The number of hydrogen-bond acceptors (Lipinski definition) is 6. The number of fused-ring (bicyclic) bond motifs is 1. The van der Waals surface area contributed by atoms with Crippen molar-refractivity contribution in [2.75, 3.05) is 19.5 Å². The Bertz CT molecular complexity index is 1300. The molecule has 162 valence electrons. The van der Waals surface area contributed by atoms with Gasteiger partial charge in [0.2, 0.25) is 5.89 Å². The van der Waals surface area contributed by atoms with Crippen molar-refractivity contribution in [2.45, 2.75) is 0 Å². The second-order valence-corrected chi connectivity index (χ2v) is 8.31. The molecule has 7 nitrogen and oxygen atoms in total. The second kappa shape index (κ2) is 9.53. The van der Waals surface area contributed by atoms with Crippen molar-refractivity contribution < 1.29 is 18.7 Å². The van der Waals surface area contributed by atoms with Crippen LogP contribution in [0.5, 0.6) is 11.5 Å². The molecule has 0 unspecified atom stereocenters. The van der Waals surface area contributed by atoms with E-state index in [-0.39, 0.29) is 10.7 Å². The first-order valence-corrected chi connectivity index (χ1v) is 11.0. The molecule has 0 bridgehead atoms. The van der Waals surface area contributed by atoms with E-state index < -0.39 is 5.91 Å². The number of oxazole rings is 1. The second-order valence-electron chi connectivity index (χ2n) is 6.66. The minimum Gasteiger partial charge on any atom is -0.496 e. The van der Waals surface area contributed by atoms with Gasteiger partial charge >= 0.3 is 0 Å². The minimum absolute atomic E-state index is 0.128. The average molecular weight is 559 g/mol. The van der Waals surface area contributed by atoms with Crippen LogP contribution in [0.1, 0.15) is 10.4 Å². The van der Waals surface area contributed by atoms with Gasteiger partial charge in [0.05, 0.1) is 14.2 Å². The highest BCUT2D eigenvalue weighted by molar-refractivity contribution is 14.1. The number of aromatic nitrogens is 1. The third-order valence-electron chi connectivity index (χ3n) is 4.60. The Morgan fingerprint density at radius 1 is 1.03 bits per heavy atom. The van der Waals surface area contributed by atoms with Crippen LogP contribution in [-0.4, -0.2) is 30.2 Å². The molecule has 0 aliphatic heterocycles. The number of anilines is 1. The fourth-order valence-corrected chi connectivity index (χ4v) is 3.91. The monoisotopic (exact) mass is 559 g/mol. The molecule has 0 fully saturated rings. The number of nitrogens with one attached hydrogen (secondary N) is 2. The molecule has 1 amide bonds. The number of ether oxygens (including phenoxy) is 2. The smallest absolute Gasteiger partial charge is 0.264 e. The van der Waals surface area contributed by atoms with E-state index >= 15 is 0 Å². The Balaban J connectivity index is 1.51. The van der Waals surface area contributed by atoms with Gasteiger partial charge in [0.15, 0.2) is 10.7 Å². The highest BCUT2D eigenvalue weighted by Gasteiger charge is 2.19. The average Bonchev–Trinajstić information content (AvgIpc) is 3.21. The van der Waals surface area contributed by atoms with Crippen LogP contribution in [0.15, 0.2) is 65.1 Å². The fourth-order valence-electron chi connectivity index (χ4n) is 3.15. The summed E-state index contributed by atoms with van der Waals surface area (Å²) < 4.78 is 17.5. The largest absolute Gasteiger partial charge is 0.496 e. The van der Waals surface area contributed by atoms with Crippen LogP contribution >= 0.6 is 34.8 Å². The number of nitrogens with zero attached hydrogens (tertiary/aromatic N) is 1. The summed E-state index contributed by atoms with van der Waals surface area (Å²) in [6, 6.07) is 18.4. The van der Waals surface area contributed by atoms with Gasteiger partial charge in [-0.3, -0.25) is 10.1 Å². The van der Waals surface area contributed by atoms with Crippen molar-refractivity contribution in [1.82, 2.24) is 10.3 Å². The van der Waals surface area contributed by atoms with E-state index in [4.69, 9.17) is 26.1 Å². The highest BCUT2D eigenvalue weighted by atomic mass is 127. The molecule has 4 rings (SSSR count). The molecular formula is C23H18IN3O4S. The first-order chi connectivity index (χ1) is 15.5. The van der Waals surface area contributed by atoms with Gasteiger partial charge in [0.1, 0.15) is 22.6 Å². The lowest BCUT2D eigenvalue weighted by atomic mass is 10.1. The standard InChI is InChI=1S/C23H18IN3O4S/c1-29-18-7-4-8-19(30-2)20(18)21(28)27-23(32)25-15-9-10-17-16(12-15)26-22(31-17)13-5-3-6-14(24)11-13/h3-12H,1-2H3,(H2,25,27,28,32). The molecule has 1 heterocycles. The predicted octanol–water partition coefficient (Wildman–Crippen LogP) is 5.24. The third-order valence-corrected chi connectivity index (χ3v) is 5.47. The van der Waals surface area contributed by atoms with E-state index in [9.17, 15) is 4.79 Å². The van der Waals surface area contributed by atoms with Crippen molar-refractivity contribution in [2.24, 2.45) is 0 Å². The van der Waals surface area contributed by atoms with Crippen LogP contribution in [0.4, 0.5) is 5.69 Å². The van der Waals surface area contributed by atoms with Crippen molar-refractivity contribution in [1.29, 1.82) is 0 Å². The molecule has 0 saturated carbocycles. The van der Waals surface area contributed by atoms with Crippen LogP contribution in [0.25, 0.3) is 22.6 Å². The molecule has 0 radical (unpaired) electrons. The van der Waals surface area contributed by atoms with Gasteiger partial charge in [0, 0.05) is 14.8 Å². The molecule has 0 atom stereocenters. The summed E-state index contributed by atoms with van der Waals surface area (Å²) >= 11 is 7.57. The quantitative estimate of drug-likeness (QED) is 0.256. The molecule has 2 N–H and O–H groups in total. The summed E-state index contributed by atoms with van der Waals surface area (Å²) in [5.74, 6) is 0.864. The van der Waals surface area contributed by atoms with E-state index in [2.05, 4.69) is 38.2 Å². The molecule has 0 spiro atoms. The summed E-state index contributed by atoms with van der Waals surface area (Å²) in [5.41, 5.74) is 3.15. The van der Waals surface area contributed by atoms with E-state index in [1.807, 2.05) is 24.3 Å². The van der Waals surface area contributed by atoms with Crippen molar-refractivity contribution in [3.63, 3.8) is 0 Å². The summed E-state index contributed by atoms with van der Waals surface area (Å²) in [7, 11) is 2.97. The zero-order valence-electron chi connectivity index (χ0n) is 17.1. The number of halogens is 1. The molecule has 0 saturated heterocycles. The maximum atomic E-state index is 12.8. The summed E-state index contributed by atoms with van der Waals surface area (Å²) in [6.45, 7) is 0. The van der Waals surface area contributed by atoms with Crippen molar-refractivity contribution in [3.8, 4) is 23.0 Å². The predicted molar refractivity (Wildman–Crippen MR) is 135 cm³/mol. The third kappa shape index (κ3) is 4.68. The van der Waals surface area contributed by atoms with E-state index in [1.54, 1.807) is 36.4 Å². The van der Waals surface area contributed by atoms with Crippen LogP contribution in [-0.2, 0) is 0 Å². The first kappa shape index (κ1) is 22.0. The van der Waals surface area contributed by atoms with E-state index in [0.717, 1.165) is 9.13 Å². The number of benzene rings is 3. The Morgan fingerprint density at radius 2 is 1.75 bits per heavy atom. The van der Waals surface area contributed by atoms with Gasteiger partial charge in [-0.1, -0.05) is 12.1 Å². The van der Waals surface area contributed by atoms with Gasteiger partial charge in [-0.25, -0.2) is 4.98 Å². The van der Waals surface area contributed by atoms with Gasteiger partial charge in [0.25, 0.3) is 5.91 Å².